The van der Waals surface area contributed by atoms with Gasteiger partial charge in [-0.2, -0.15) is 0 Å². The van der Waals surface area contributed by atoms with E-state index in [0.29, 0.717) is 6.54 Å². The predicted molar refractivity (Wildman–Crippen MR) is 119 cm³/mol. The maximum Gasteiger partial charge on any atom is 0.191 e. The molecule has 1 fully saturated rings. The first-order chi connectivity index (χ1) is 11.7. The summed E-state index contributed by atoms with van der Waals surface area (Å²) in [5.74, 6) is 1.82. The summed E-state index contributed by atoms with van der Waals surface area (Å²) in [4.78, 5) is 8.15. The maximum atomic E-state index is 5.90. The molecule has 2 N–H and O–H groups in total. The van der Waals surface area contributed by atoms with Crippen LogP contribution < -0.4 is 10.6 Å². The first-order valence-corrected chi connectivity index (χ1v) is 9.74. The fraction of sp³-hybridized carbons (Fsp3) is 0.588. The maximum absolute atomic E-state index is 5.90. The molecule has 0 aromatic heterocycles. The zero-order chi connectivity index (χ0) is 17.2. The van der Waals surface area contributed by atoms with Crippen molar-refractivity contribution in [3.63, 3.8) is 0 Å². The first kappa shape index (κ1) is 22.8. The summed E-state index contributed by atoms with van der Waals surface area (Å²) >= 11 is 7.70. The van der Waals surface area contributed by atoms with Crippen LogP contribution in [0, 0.1) is 0 Å². The average molecular weight is 499 g/mol. The monoisotopic (exact) mass is 498 g/mol. The Morgan fingerprint density at radius 3 is 2.80 bits per heavy atom. The number of ether oxygens (including phenoxy) is 1. The summed E-state index contributed by atoms with van der Waals surface area (Å²) in [6.45, 7) is 7.19. The van der Waals surface area contributed by atoms with Gasteiger partial charge in [0.1, 0.15) is 0 Å². The van der Waals surface area contributed by atoms with Crippen LogP contribution in [-0.4, -0.2) is 69.1 Å². The molecule has 1 aliphatic rings. The molecular formula is C17H28ClIN4OS. The van der Waals surface area contributed by atoms with Crippen molar-refractivity contribution in [2.24, 2.45) is 4.99 Å². The van der Waals surface area contributed by atoms with E-state index in [1.54, 1.807) is 11.8 Å². The molecule has 0 aliphatic carbocycles. The third-order valence-corrected chi connectivity index (χ3v) is 4.88. The zero-order valence-corrected chi connectivity index (χ0v) is 18.7. The molecule has 5 nitrogen and oxygen atoms in total. The molecule has 25 heavy (non-hydrogen) atoms. The van der Waals surface area contributed by atoms with Crippen molar-refractivity contribution in [1.29, 1.82) is 0 Å². The molecule has 8 heteroatoms. The zero-order valence-electron chi connectivity index (χ0n) is 14.8. The molecule has 0 saturated carbocycles. The number of nitrogens with zero attached hydrogens (tertiary/aromatic N) is 2. The standard InChI is InChI=1S/C17H27ClN4OS.HI/c1-3-19-17(21-12-15-13-22(2)9-10-23-15)20-8-11-24-16-6-4-14(18)5-7-16;/h4-7,15H,3,8-13H2,1-2H3,(H2,19,20,21);1H. The number of likely N-dealkylation sites (N-methyl/N-ethyl adjacent to an activating group) is 1. The van der Waals surface area contributed by atoms with Crippen molar-refractivity contribution in [1.82, 2.24) is 15.5 Å². The van der Waals surface area contributed by atoms with E-state index in [2.05, 4.69) is 34.5 Å². The van der Waals surface area contributed by atoms with Crippen LogP contribution in [-0.2, 0) is 4.74 Å². The van der Waals surface area contributed by atoms with Crippen LogP contribution in [0.4, 0.5) is 0 Å². The van der Waals surface area contributed by atoms with Crippen molar-refractivity contribution in [2.75, 3.05) is 52.1 Å². The van der Waals surface area contributed by atoms with Crippen LogP contribution in [0.5, 0.6) is 0 Å². The van der Waals surface area contributed by atoms with Gasteiger partial charge in [-0.25, -0.2) is 0 Å². The van der Waals surface area contributed by atoms with Gasteiger partial charge in [0.25, 0.3) is 0 Å². The van der Waals surface area contributed by atoms with E-state index in [1.165, 1.54) is 4.90 Å². The molecule has 1 heterocycles. The van der Waals surface area contributed by atoms with Crippen molar-refractivity contribution in [2.45, 2.75) is 17.9 Å². The largest absolute Gasteiger partial charge is 0.374 e. The van der Waals surface area contributed by atoms with Crippen molar-refractivity contribution in [3.8, 4) is 0 Å². The Labute approximate surface area is 177 Å². The molecular weight excluding hydrogens is 471 g/mol. The lowest BCUT2D eigenvalue weighted by Crippen LogP contribution is -2.43. The second-order valence-electron chi connectivity index (χ2n) is 5.70. The number of aliphatic imine (C=N–C) groups is 1. The minimum absolute atomic E-state index is 0. The molecule has 1 aromatic carbocycles. The van der Waals surface area contributed by atoms with Gasteiger partial charge in [-0.1, -0.05) is 11.6 Å². The summed E-state index contributed by atoms with van der Waals surface area (Å²) in [6.07, 6.45) is 0.183. The fourth-order valence-electron chi connectivity index (χ4n) is 2.38. The molecule has 0 radical (unpaired) electrons. The number of morpholine rings is 1. The molecule has 1 aliphatic heterocycles. The Morgan fingerprint density at radius 1 is 1.36 bits per heavy atom. The number of guanidine groups is 1. The van der Waals surface area contributed by atoms with Crippen LogP contribution in [0.2, 0.25) is 5.02 Å². The summed E-state index contributed by atoms with van der Waals surface area (Å²) in [7, 11) is 2.12. The minimum atomic E-state index is 0. The highest BCUT2D eigenvalue weighted by atomic mass is 127. The van der Waals surface area contributed by atoms with Gasteiger partial charge in [-0.3, -0.25) is 4.99 Å². The van der Waals surface area contributed by atoms with E-state index in [0.717, 1.165) is 49.5 Å². The Bertz CT molecular complexity index is 518. The summed E-state index contributed by atoms with van der Waals surface area (Å²) in [5, 5.41) is 7.43. The number of hydrogen-bond donors (Lipinski definition) is 2. The van der Waals surface area contributed by atoms with Gasteiger partial charge in [0.2, 0.25) is 0 Å². The van der Waals surface area contributed by atoms with Crippen LogP contribution in [0.1, 0.15) is 6.92 Å². The molecule has 0 spiro atoms. The highest BCUT2D eigenvalue weighted by Gasteiger charge is 2.17. The Hall–Kier alpha value is -0.220. The smallest absolute Gasteiger partial charge is 0.191 e. The molecule has 142 valence electrons. The fourth-order valence-corrected chi connectivity index (χ4v) is 3.28. The topological polar surface area (TPSA) is 48.9 Å². The molecule has 0 amide bonds. The second kappa shape index (κ2) is 13.0. The molecule has 0 bridgehead atoms. The quantitative estimate of drug-likeness (QED) is 0.199. The number of rotatable bonds is 7. The molecule has 1 aromatic rings. The van der Waals surface area contributed by atoms with Gasteiger partial charge >= 0.3 is 0 Å². The summed E-state index contributed by atoms with van der Waals surface area (Å²) < 4.78 is 5.75. The van der Waals surface area contributed by atoms with Gasteiger partial charge in [0.05, 0.1) is 19.3 Å². The molecule has 1 atom stereocenters. The van der Waals surface area contributed by atoms with Crippen LogP contribution in [0.25, 0.3) is 0 Å². The molecule has 1 saturated heterocycles. The Balaban J connectivity index is 0.00000312. The average Bonchev–Trinajstić information content (AvgIpc) is 2.58. The lowest BCUT2D eigenvalue weighted by atomic mass is 10.3. The third kappa shape index (κ3) is 9.33. The minimum Gasteiger partial charge on any atom is -0.374 e. The second-order valence-corrected chi connectivity index (χ2v) is 7.31. The first-order valence-electron chi connectivity index (χ1n) is 8.38. The summed E-state index contributed by atoms with van der Waals surface area (Å²) in [6, 6.07) is 7.93. The Kier molecular flexibility index (Phi) is 11.9. The predicted octanol–water partition coefficient (Wildman–Crippen LogP) is 2.94. The van der Waals surface area contributed by atoms with Gasteiger partial charge in [0.15, 0.2) is 5.96 Å². The van der Waals surface area contributed by atoms with Gasteiger partial charge in [-0.15, -0.1) is 35.7 Å². The van der Waals surface area contributed by atoms with Gasteiger partial charge in [-0.05, 0) is 38.2 Å². The Morgan fingerprint density at radius 2 is 2.12 bits per heavy atom. The molecule has 2 rings (SSSR count). The normalized spacial score (nSPS) is 18.5. The van der Waals surface area contributed by atoms with Crippen LogP contribution in [0.15, 0.2) is 34.2 Å². The highest BCUT2D eigenvalue weighted by molar-refractivity contribution is 14.0. The highest BCUT2D eigenvalue weighted by Crippen LogP contribution is 2.19. The van der Waals surface area contributed by atoms with Crippen molar-refractivity contribution in [3.05, 3.63) is 29.3 Å². The lowest BCUT2D eigenvalue weighted by Gasteiger charge is -2.29. The number of benzene rings is 1. The van der Waals surface area contributed by atoms with E-state index >= 15 is 0 Å². The SMILES string of the molecule is CCNC(=NCC1CN(C)CCO1)NCCSc1ccc(Cl)cc1.I. The third-order valence-electron chi connectivity index (χ3n) is 3.62. The number of nitrogens with one attached hydrogen (secondary N) is 2. The van der Waals surface area contributed by atoms with Crippen molar-refractivity contribution >= 4 is 53.3 Å². The number of hydrogen-bond acceptors (Lipinski definition) is 4. The van der Waals surface area contributed by atoms with Crippen LogP contribution in [0.3, 0.4) is 0 Å². The van der Waals surface area contributed by atoms with Crippen LogP contribution >= 0.6 is 47.3 Å². The van der Waals surface area contributed by atoms with Gasteiger partial charge < -0.3 is 20.3 Å². The van der Waals surface area contributed by atoms with E-state index in [1.807, 2.05) is 24.3 Å². The van der Waals surface area contributed by atoms with E-state index < -0.39 is 0 Å². The summed E-state index contributed by atoms with van der Waals surface area (Å²) in [5.41, 5.74) is 0. The van der Waals surface area contributed by atoms with E-state index in [-0.39, 0.29) is 30.1 Å². The number of thioether (sulfide) groups is 1. The lowest BCUT2D eigenvalue weighted by molar-refractivity contribution is -0.0136. The van der Waals surface area contributed by atoms with Gasteiger partial charge in [0, 0.05) is 41.8 Å². The molecule has 1 unspecified atom stereocenters. The van der Waals surface area contributed by atoms with Crippen molar-refractivity contribution < 1.29 is 4.74 Å². The van der Waals surface area contributed by atoms with E-state index in [9.17, 15) is 0 Å². The number of halogens is 2. The van der Waals surface area contributed by atoms with E-state index in [4.69, 9.17) is 16.3 Å².